The number of ether oxygens (including phenoxy) is 3. The molecule has 1 aromatic carbocycles. The summed E-state index contributed by atoms with van der Waals surface area (Å²) >= 11 is 0. The summed E-state index contributed by atoms with van der Waals surface area (Å²) in [7, 11) is 0. The summed E-state index contributed by atoms with van der Waals surface area (Å²) in [5.41, 5.74) is 1.35. The van der Waals surface area contributed by atoms with Crippen LogP contribution in [0, 0.1) is 12.7 Å². The van der Waals surface area contributed by atoms with Crippen LogP contribution in [0.5, 0.6) is 11.6 Å². The number of rotatable bonds is 8. The second kappa shape index (κ2) is 10.1. The highest BCUT2D eigenvalue weighted by atomic mass is 19.1. The fourth-order valence-corrected chi connectivity index (χ4v) is 3.87. The number of halogens is 1. The van der Waals surface area contributed by atoms with E-state index in [0.29, 0.717) is 22.6 Å². The monoisotopic (exact) mass is 484 g/mol. The van der Waals surface area contributed by atoms with E-state index in [-0.39, 0.29) is 24.4 Å². The molecule has 2 heterocycles. The van der Waals surface area contributed by atoms with Crippen molar-refractivity contribution < 1.29 is 44.1 Å². The average molecular weight is 485 g/mol. The largest absolute Gasteiger partial charge is 0.491 e. The molecule has 1 fully saturated rings. The van der Waals surface area contributed by atoms with Gasteiger partial charge in [-0.3, -0.25) is 4.68 Å². The Labute approximate surface area is 197 Å². The molecule has 0 spiro atoms. The maximum Gasteiger partial charge on any atom is 0.356 e. The third kappa shape index (κ3) is 5.19. The van der Waals surface area contributed by atoms with Gasteiger partial charge >= 0.3 is 5.97 Å². The van der Waals surface area contributed by atoms with Crippen molar-refractivity contribution in [3.8, 4) is 11.6 Å². The number of aromatic nitrogens is 2. The number of hydrogen-bond donors (Lipinski definition) is 5. The van der Waals surface area contributed by atoms with Crippen LogP contribution in [-0.4, -0.2) is 78.4 Å². The molecule has 11 heteroatoms. The van der Waals surface area contributed by atoms with Crippen LogP contribution in [0.2, 0.25) is 0 Å². The van der Waals surface area contributed by atoms with E-state index in [9.17, 15) is 29.9 Å². The van der Waals surface area contributed by atoms with Crippen molar-refractivity contribution in [2.75, 3.05) is 6.61 Å². The van der Waals surface area contributed by atoms with Gasteiger partial charge in [0.25, 0.3) is 0 Å². The SMILES string of the molecule is Cc1c(Cc2ccc(OC(C)C)cc2F)c(O[C@@]2(O)O[C@H](CO)[C@@H](O)[C@H](O)[C@H]2O)nn1C(C)C. The molecule has 0 aliphatic carbocycles. The van der Waals surface area contributed by atoms with Gasteiger partial charge in [0.1, 0.15) is 29.9 Å². The third-order valence-corrected chi connectivity index (χ3v) is 5.66. The molecule has 0 saturated carbocycles. The lowest BCUT2D eigenvalue weighted by Crippen LogP contribution is -2.67. The van der Waals surface area contributed by atoms with E-state index in [2.05, 4.69) is 5.10 Å². The summed E-state index contributed by atoms with van der Waals surface area (Å²) < 4.78 is 32.7. The minimum Gasteiger partial charge on any atom is -0.491 e. The lowest BCUT2D eigenvalue weighted by Gasteiger charge is -2.43. The molecule has 34 heavy (non-hydrogen) atoms. The number of hydrogen-bond acceptors (Lipinski definition) is 9. The highest BCUT2D eigenvalue weighted by molar-refractivity contribution is 5.39. The Morgan fingerprint density at radius 1 is 1.18 bits per heavy atom. The second-order valence-electron chi connectivity index (χ2n) is 9.00. The fourth-order valence-electron chi connectivity index (χ4n) is 3.87. The molecule has 10 nitrogen and oxygen atoms in total. The van der Waals surface area contributed by atoms with E-state index in [1.54, 1.807) is 23.7 Å². The van der Waals surface area contributed by atoms with Gasteiger partial charge < -0.3 is 39.7 Å². The Kier molecular flexibility index (Phi) is 7.85. The Balaban J connectivity index is 1.97. The van der Waals surface area contributed by atoms with Crippen molar-refractivity contribution in [3.63, 3.8) is 0 Å². The van der Waals surface area contributed by atoms with Crippen molar-refractivity contribution in [2.24, 2.45) is 0 Å². The second-order valence-corrected chi connectivity index (χ2v) is 9.00. The zero-order valence-electron chi connectivity index (χ0n) is 19.8. The molecule has 1 aliphatic rings. The van der Waals surface area contributed by atoms with Crippen LogP contribution in [-0.2, 0) is 11.2 Å². The smallest absolute Gasteiger partial charge is 0.356 e. The highest BCUT2D eigenvalue weighted by Gasteiger charge is 2.55. The molecule has 1 aromatic heterocycles. The van der Waals surface area contributed by atoms with E-state index in [1.807, 2.05) is 27.7 Å². The van der Waals surface area contributed by atoms with Gasteiger partial charge in [0.05, 0.1) is 12.7 Å². The molecule has 0 amide bonds. The first-order valence-electron chi connectivity index (χ1n) is 11.1. The predicted octanol–water partition coefficient (Wildman–Crippen LogP) is 0.788. The molecular weight excluding hydrogens is 451 g/mol. The van der Waals surface area contributed by atoms with Crippen molar-refractivity contribution in [3.05, 3.63) is 40.8 Å². The number of nitrogens with zero attached hydrogens (tertiary/aromatic N) is 2. The van der Waals surface area contributed by atoms with Gasteiger partial charge in [-0.05, 0) is 46.2 Å². The first-order valence-corrected chi connectivity index (χ1v) is 11.1. The molecule has 190 valence electrons. The third-order valence-electron chi connectivity index (χ3n) is 5.66. The van der Waals surface area contributed by atoms with E-state index in [1.165, 1.54) is 6.07 Å². The summed E-state index contributed by atoms with van der Waals surface area (Å²) in [6.07, 6.45) is -7.10. The lowest BCUT2D eigenvalue weighted by molar-refractivity contribution is -0.423. The molecule has 0 unspecified atom stereocenters. The van der Waals surface area contributed by atoms with Crippen LogP contribution in [0.25, 0.3) is 0 Å². The van der Waals surface area contributed by atoms with Gasteiger partial charge in [-0.15, -0.1) is 5.10 Å². The maximum atomic E-state index is 14.9. The van der Waals surface area contributed by atoms with Gasteiger partial charge in [-0.2, -0.15) is 0 Å². The van der Waals surface area contributed by atoms with Gasteiger partial charge in [-0.25, -0.2) is 4.39 Å². The molecular formula is C23H33FN2O8. The summed E-state index contributed by atoms with van der Waals surface area (Å²) in [6.45, 7) is 8.41. The normalized spacial score (nSPS) is 27.4. The molecule has 1 aliphatic heterocycles. The van der Waals surface area contributed by atoms with Gasteiger partial charge in [0.15, 0.2) is 6.10 Å². The van der Waals surface area contributed by atoms with Crippen LogP contribution < -0.4 is 9.47 Å². The Hall–Kier alpha value is -2.28. The Bertz CT molecular complexity index is 996. The van der Waals surface area contributed by atoms with Crippen LogP contribution in [0.15, 0.2) is 18.2 Å². The highest BCUT2D eigenvalue weighted by Crippen LogP contribution is 2.35. The fraction of sp³-hybridized carbons (Fsp3) is 0.609. The Morgan fingerprint density at radius 2 is 1.85 bits per heavy atom. The molecule has 0 radical (unpaired) electrons. The Morgan fingerprint density at radius 3 is 2.41 bits per heavy atom. The lowest BCUT2D eigenvalue weighted by atomic mass is 9.98. The molecule has 5 N–H and O–H groups in total. The summed E-state index contributed by atoms with van der Waals surface area (Å²) in [4.78, 5) is 0. The molecule has 1 saturated heterocycles. The minimum atomic E-state index is -2.82. The van der Waals surface area contributed by atoms with Crippen molar-refractivity contribution in [1.29, 1.82) is 0 Å². The van der Waals surface area contributed by atoms with Crippen molar-refractivity contribution >= 4 is 0 Å². The zero-order valence-corrected chi connectivity index (χ0v) is 19.8. The number of aliphatic hydroxyl groups is 5. The predicted molar refractivity (Wildman–Crippen MR) is 118 cm³/mol. The average Bonchev–Trinajstić information content (AvgIpc) is 3.06. The standard InChI is InChI=1S/C23H33FN2O8/c1-11(2)26-13(5)16(8-14-6-7-15(9-17(14)24)32-12(3)4)22(25-26)34-23(31)21(30)20(29)19(28)18(10-27)33-23/h6-7,9,11-12,18-21,27-31H,8,10H2,1-5H3/t18-,19-,20+,21-,23+/m1/s1. The number of aliphatic hydroxyl groups excluding tert-OH is 4. The van der Waals surface area contributed by atoms with E-state index in [0.717, 1.165) is 0 Å². The van der Waals surface area contributed by atoms with E-state index >= 15 is 0 Å². The van der Waals surface area contributed by atoms with Crippen LogP contribution in [0.4, 0.5) is 4.39 Å². The summed E-state index contributed by atoms with van der Waals surface area (Å²) in [5, 5.41) is 55.1. The van der Waals surface area contributed by atoms with E-state index < -0.39 is 42.8 Å². The van der Waals surface area contributed by atoms with Crippen LogP contribution in [0.3, 0.4) is 0 Å². The van der Waals surface area contributed by atoms with Gasteiger partial charge in [0, 0.05) is 29.8 Å². The zero-order chi connectivity index (χ0) is 25.4. The van der Waals surface area contributed by atoms with Crippen LogP contribution >= 0.6 is 0 Å². The van der Waals surface area contributed by atoms with Crippen LogP contribution in [0.1, 0.15) is 50.6 Å². The molecule has 5 atom stereocenters. The van der Waals surface area contributed by atoms with Crippen molar-refractivity contribution in [1.82, 2.24) is 9.78 Å². The number of benzene rings is 1. The minimum absolute atomic E-state index is 0.0302. The first-order chi connectivity index (χ1) is 15.9. The molecule has 3 rings (SSSR count). The van der Waals surface area contributed by atoms with E-state index in [4.69, 9.17) is 14.2 Å². The van der Waals surface area contributed by atoms with Gasteiger partial charge in [0.2, 0.25) is 5.88 Å². The maximum absolute atomic E-state index is 14.9. The topological polar surface area (TPSA) is 147 Å². The van der Waals surface area contributed by atoms with Gasteiger partial charge in [-0.1, -0.05) is 6.07 Å². The van der Waals surface area contributed by atoms with Crippen molar-refractivity contribution in [2.45, 2.75) is 83.6 Å². The first kappa shape index (κ1) is 26.3. The molecule has 0 bridgehead atoms. The quantitative estimate of drug-likeness (QED) is 0.343. The summed E-state index contributed by atoms with van der Waals surface area (Å²) in [5.74, 6) is -3.10. The molecule has 2 aromatic rings. The summed E-state index contributed by atoms with van der Waals surface area (Å²) in [6, 6.07) is 4.38.